The maximum atomic E-state index is 13.0. The van der Waals surface area contributed by atoms with Crippen molar-refractivity contribution in [1.82, 2.24) is 0 Å². The lowest BCUT2D eigenvalue weighted by atomic mass is 9.87. The highest BCUT2D eigenvalue weighted by molar-refractivity contribution is 6.14. The number of esters is 1. The minimum Gasteiger partial charge on any atom is -0.423 e. The van der Waals surface area contributed by atoms with E-state index < -0.39 is 0 Å². The molecule has 3 aromatic rings. The summed E-state index contributed by atoms with van der Waals surface area (Å²) in [5.74, 6) is 0.206. The number of hydrogen-bond acceptors (Lipinski definition) is 3. The molecule has 1 aliphatic carbocycles. The van der Waals surface area contributed by atoms with Crippen LogP contribution in [0.15, 0.2) is 90.0 Å². The number of Topliss-reactive ketones (excluding diaryl/α,β-unsaturated/α-hetero) is 1. The van der Waals surface area contributed by atoms with Crippen molar-refractivity contribution in [1.29, 1.82) is 0 Å². The number of ketones is 1. The summed E-state index contributed by atoms with van der Waals surface area (Å²) in [6, 6.07) is 24.3. The maximum Gasteiger partial charge on any atom is 0.343 e. The fourth-order valence-electron chi connectivity index (χ4n) is 3.62. The lowest BCUT2D eigenvalue weighted by Gasteiger charge is -2.16. The molecule has 1 saturated carbocycles. The van der Waals surface area contributed by atoms with Gasteiger partial charge in [-0.25, -0.2) is 4.79 Å². The van der Waals surface area contributed by atoms with Crippen LogP contribution in [0.5, 0.6) is 5.75 Å². The Kier molecular flexibility index (Phi) is 6.23. The molecule has 0 N–H and O–H groups in total. The van der Waals surface area contributed by atoms with Gasteiger partial charge in [0, 0.05) is 11.1 Å². The lowest BCUT2D eigenvalue weighted by molar-refractivity contribution is -0.112. The van der Waals surface area contributed by atoms with E-state index >= 15 is 0 Å². The summed E-state index contributed by atoms with van der Waals surface area (Å²) in [4.78, 5) is 25.1. The Morgan fingerprint density at radius 3 is 1.90 bits per heavy atom. The second kappa shape index (κ2) is 9.40. The summed E-state index contributed by atoms with van der Waals surface area (Å²) in [6.07, 6.45) is 6.48. The molecule has 4 rings (SSSR count). The number of benzene rings is 3. The van der Waals surface area contributed by atoms with Crippen LogP contribution in [0.2, 0.25) is 0 Å². The summed E-state index contributed by atoms with van der Waals surface area (Å²) in [5.41, 5.74) is 5.36. The summed E-state index contributed by atoms with van der Waals surface area (Å²) in [7, 11) is 0. The zero-order valence-corrected chi connectivity index (χ0v) is 17.5. The normalized spacial score (nSPS) is 16.5. The summed E-state index contributed by atoms with van der Waals surface area (Å²) in [6.45, 7) is 2.05. The number of rotatable bonds is 4. The Labute approximate surface area is 182 Å². The molecule has 0 radical (unpaired) electrons. The molecular formula is C28H24O3. The third-order valence-corrected chi connectivity index (χ3v) is 5.33. The van der Waals surface area contributed by atoms with Crippen molar-refractivity contribution in [3.63, 3.8) is 0 Å². The van der Waals surface area contributed by atoms with Gasteiger partial charge < -0.3 is 4.74 Å². The van der Waals surface area contributed by atoms with Crippen LogP contribution in [0.25, 0.3) is 12.2 Å². The van der Waals surface area contributed by atoms with Gasteiger partial charge in [-0.2, -0.15) is 0 Å². The van der Waals surface area contributed by atoms with Gasteiger partial charge in [0.1, 0.15) is 5.75 Å². The number of allylic oxidation sites excluding steroid dienone is 2. The van der Waals surface area contributed by atoms with Crippen molar-refractivity contribution >= 4 is 23.9 Å². The van der Waals surface area contributed by atoms with Crippen LogP contribution in [0, 0.1) is 6.92 Å². The van der Waals surface area contributed by atoms with Gasteiger partial charge in [-0.15, -0.1) is 0 Å². The average molecular weight is 408 g/mol. The van der Waals surface area contributed by atoms with Crippen molar-refractivity contribution in [2.45, 2.75) is 26.2 Å². The lowest BCUT2D eigenvalue weighted by Crippen LogP contribution is -2.12. The third kappa shape index (κ3) is 5.26. The number of aryl methyl sites for hydroxylation is 1. The minimum absolute atomic E-state index is 0.117. The Bertz CT molecular complexity index is 1140. The molecule has 3 nitrogen and oxygen atoms in total. The molecule has 0 saturated heterocycles. The van der Waals surface area contributed by atoms with Crippen LogP contribution in [-0.4, -0.2) is 11.8 Å². The van der Waals surface area contributed by atoms with E-state index in [9.17, 15) is 9.59 Å². The fourth-order valence-corrected chi connectivity index (χ4v) is 3.62. The summed E-state index contributed by atoms with van der Waals surface area (Å²) < 4.78 is 5.42. The van der Waals surface area contributed by atoms with Crippen LogP contribution < -0.4 is 4.74 Å². The van der Waals surface area contributed by atoms with Gasteiger partial charge in [-0.1, -0.05) is 60.2 Å². The largest absolute Gasteiger partial charge is 0.423 e. The SMILES string of the molecule is Cc1ccc(/C=C2\CCC/C(=C\c3ccc(OC(=O)c4ccccc4)cc3)C2=O)cc1. The van der Waals surface area contributed by atoms with Gasteiger partial charge in [0.2, 0.25) is 0 Å². The molecule has 0 atom stereocenters. The zero-order valence-electron chi connectivity index (χ0n) is 17.5. The highest BCUT2D eigenvalue weighted by Crippen LogP contribution is 2.28. The molecule has 0 aromatic heterocycles. The maximum absolute atomic E-state index is 13.0. The first-order chi connectivity index (χ1) is 15.1. The van der Waals surface area contributed by atoms with E-state index in [4.69, 9.17) is 4.74 Å². The molecule has 0 spiro atoms. The first-order valence-corrected chi connectivity index (χ1v) is 10.5. The molecule has 0 amide bonds. The van der Waals surface area contributed by atoms with E-state index in [-0.39, 0.29) is 11.8 Å². The van der Waals surface area contributed by atoms with Crippen molar-refractivity contribution in [3.8, 4) is 5.75 Å². The van der Waals surface area contributed by atoms with E-state index in [1.54, 1.807) is 36.4 Å². The van der Waals surface area contributed by atoms with Gasteiger partial charge in [0.25, 0.3) is 0 Å². The van der Waals surface area contributed by atoms with E-state index in [0.29, 0.717) is 11.3 Å². The third-order valence-electron chi connectivity index (χ3n) is 5.33. The monoisotopic (exact) mass is 408 g/mol. The number of carbonyl (C=O) groups is 2. The smallest absolute Gasteiger partial charge is 0.343 e. The van der Waals surface area contributed by atoms with Crippen LogP contribution in [0.3, 0.4) is 0 Å². The Morgan fingerprint density at radius 2 is 1.32 bits per heavy atom. The topological polar surface area (TPSA) is 43.4 Å². The van der Waals surface area contributed by atoms with Crippen LogP contribution in [0.1, 0.15) is 46.3 Å². The quantitative estimate of drug-likeness (QED) is 0.284. The molecule has 154 valence electrons. The van der Waals surface area contributed by atoms with Gasteiger partial charge in [0.05, 0.1) is 5.56 Å². The molecule has 3 heteroatoms. The molecule has 0 unspecified atom stereocenters. The summed E-state index contributed by atoms with van der Waals surface area (Å²) >= 11 is 0. The van der Waals surface area contributed by atoms with Crippen LogP contribution >= 0.6 is 0 Å². The number of hydrogen-bond donors (Lipinski definition) is 0. The molecule has 0 aliphatic heterocycles. The van der Waals surface area contributed by atoms with Gasteiger partial charge >= 0.3 is 5.97 Å². The standard InChI is InChI=1S/C28H24O3/c1-20-10-12-21(13-11-20)18-24-8-5-9-25(27(24)29)19-22-14-16-26(17-15-22)31-28(30)23-6-3-2-4-7-23/h2-4,6-7,10-19H,5,8-9H2,1H3/b24-18+,25-19+. The van der Waals surface area contributed by atoms with Crippen molar-refractivity contribution in [2.75, 3.05) is 0 Å². The number of carbonyl (C=O) groups excluding carboxylic acids is 2. The van der Waals surface area contributed by atoms with Gasteiger partial charge in [-0.05, 0) is 73.7 Å². The van der Waals surface area contributed by atoms with Crippen molar-refractivity contribution < 1.29 is 14.3 Å². The van der Waals surface area contributed by atoms with E-state index in [1.165, 1.54) is 5.56 Å². The van der Waals surface area contributed by atoms with Crippen LogP contribution in [0.4, 0.5) is 0 Å². The molecule has 1 fully saturated rings. The minimum atomic E-state index is -0.389. The highest BCUT2D eigenvalue weighted by atomic mass is 16.5. The molecule has 3 aromatic carbocycles. The molecule has 1 aliphatic rings. The van der Waals surface area contributed by atoms with E-state index in [1.807, 2.05) is 42.5 Å². The predicted octanol–water partition coefficient (Wildman–Crippen LogP) is 6.43. The Balaban J connectivity index is 1.47. The van der Waals surface area contributed by atoms with Crippen molar-refractivity contribution in [2.24, 2.45) is 0 Å². The van der Waals surface area contributed by atoms with Crippen molar-refractivity contribution in [3.05, 3.63) is 112 Å². The first kappa shape index (κ1) is 20.5. The van der Waals surface area contributed by atoms with Gasteiger partial charge in [0.15, 0.2) is 5.78 Å². The van der Waals surface area contributed by atoms with Crippen LogP contribution in [-0.2, 0) is 4.79 Å². The molecular weight excluding hydrogens is 384 g/mol. The van der Waals surface area contributed by atoms with E-state index in [0.717, 1.165) is 41.5 Å². The molecule has 0 bridgehead atoms. The Hall–Kier alpha value is -3.72. The predicted molar refractivity (Wildman–Crippen MR) is 124 cm³/mol. The Morgan fingerprint density at radius 1 is 0.774 bits per heavy atom. The number of ether oxygens (including phenoxy) is 1. The first-order valence-electron chi connectivity index (χ1n) is 10.5. The second-order valence-corrected chi connectivity index (χ2v) is 7.76. The van der Waals surface area contributed by atoms with E-state index in [2.05, 4.69) is 19.1 Å². The zero-order chi connectivity index (χ0) is 21.6. The highest BCUT2D eigenvalue weighted by Gasteiger charge is 2.20. The molecule has 31 heavy (non-hydrogen) atoms. The average Bonchev–Trinajstić information content (AvgIpc) is 2.80. The molecule has 0 heterocycles. The second-order valence-electron chi connectivity index (χ2n) is 7.76. The summed E-state index contributed by atoms with van der Waals surface area (Å²) in [5, 5.41) is 0. The fraction of sp³-hybridized carbons (Fsp3) is 0.143. The van der Waals surface area contributed by atoms with Gasteiger partial charge in [-0.3, -0.25) is 4.79 Å².